The number of halogens is 3. The molecule has 28 heavy (non-hydrogen) atoms. The summed E-state index contributed by atoms with van der Waals surface area (Å²) in [7, 11) is 1.43. The van der Waals surface area contributed by atoms with Gasteiger partial charge in [-0.15, -0.1) is 0 Å². The molecule has 0 aromatic heterocycles. The van der Waals surface area contributed by atoms with Crippen molar-refractivity contribution >= 4 is 23.3 Å². The normalized spacial score (nSPS) is 13.9. The average molecular weight is 392 g/mol. The van der Waals surface area contributed by atoms with Gasteiger partial charge >= 0.3 is 12.1 Å². The van der Waals surface area contributed by atoms with Crippen molar-refractivity contribution in [2.75, 3.05) is 24.4 Å². The highest BCUT2D eigenvalue weighted by Gasteiger charge is 2.33. The van der Waals surface area contributed by atoms with Crippen LogP contribution in [-0.2, 0) is 20.5 Å². The van der Waals surface area contributed by atoms with E-state index in [0.29, 0.717) is 11.4 Å². The Morgan fingerprint density at radius 2 is 1.89 bits per heavy atom. The Kier molecular flexibility index (Phi) is 5.25. The number of methoxy groups -OCH3 is 1. The summed E-state index contributed by atoms with van der Waals surface area (Å²) in [4.78, 5) is 24.6. The summed E-state index contributed by atoms with van der Waals surface area (Å²) in [6.45, 7) is -0.260. The number of hydrogen-bond donors (Lipinski definition) is 2. The SMILES string of the molecule is COc1ccccc1NC(=O)C1=C(Nc2cccc(C(F)(F)F)c2)COC1=O. The lowest BCUT2D eigenvalue weighted by molar-refractivity contribution is -0.138. The van der Waals surface area contributed by atoms with E-state index in [2.05, 4.69) is 10.6 Å². The van der Waals surface area contributed by atoms with Gasteiger partial charge in [0.15, 0.2) is 0 Å². The molecule has 146 valence electrons. The first-order valence-electron chi connectivity index (χ1n) is 8.08. The van der Waals surface area contributed by atoms with Crippen LogP contribution in [0.2, 0.25) is 0 Å². The molecule has 0 aliphatic carbocycles. The van der Waals surface area contributed by atoms with Gasteiger partial charge in [-0.2, -0.15) is 13.2 Å². The molecule has 0 saturated carbocycles. The zero-order valence-corrected chi connectivity index (χ0v) is 14.6. The van der Waals surface area contributed by atoms with Gasteiger partial charge in [-0.1, -0.05) is 18.2 Å². The van der Waals surface area contributed by atoms with Gasteiger partial charge < -0.3 is 20.1 Å². The molecule has 1 aliphatic heterocycles. The number of hydrogen-bond acceptors (Lipinski definition) is 5. The smallest absolute Gasteiger partial charge is 0.416 e. The van der Waals surface area contributed by atoms with Crippen LogP contribution < -0.4 is 15.4 Å². The van der Waals surface area contributed by atoms with Crippen molar-refractivity contribution in [3.63, 3.8) is 0 Å². The first-order chi connectivity index (χ1) is 13.3. The van der Waals surface area contributed by atoms with E-state index in [-0.39, 0.29) is 23.6 Å². The zero-order chi connectivity index (χ0) is 20.3. The minimum atomic E-state index is -4.52. The van der Waals surface area contributed by atoms with E-state index in [4.69, 9.17) is 9.47 Å². The van der Waals surface area contributed by atoms with Gasteiger partial charge in [0.1, 0.15) is 17.9 Å². The van der Waals surface area contributed by atoms with Crippen molar-refractivity contribution in [3.8, 4) is 5.75 Å². The molecule has 0 atom stereocenters. The van der Waals surface area contributed by atoms with Crippen molar-refractivity contribution in [3.05, 3.63) is 65.4 Å². The number of para-hydroxylation sites is 2. The predicted octanol–water partition coefficient (Wildman–Crippen LogP) is 3.58. The maximum Gasteiger partial charge on any atom is 0.416 e. The van der Waals surface area contributed by atoms with Crippen LogP contribution >= 0.6 is 0 Å². The molecule has 0 fully saturated rings. The molecule has 2 aromatic carbocycles. The van der Waals surface area contributed by atoms with Gasteiger partial charge in [0.25, 0.3) is 5.91 Å². The van der Waals surface area contributed by atoms with Crippen LogP contribution in [0, 0.1) is 0 Å². The molecule has 0 saturated heterocycles. The Hall–Kier alpha value is -3.49. The number of carbonyl (C=O) groups is 2. The molecule has 2 aromatic rings. The molecule has 2 N–H and O–H groups in total. The van der Waals surface area contributed by atoms with Crippen molar-refractivity contribution in [2.24, 2.45) is 0 Å². The number of ether oxygens (including phenoxy) is 2. The third kappa shape index (κ3) is 4.08. The van der Waals surface area contributed by atoms with Crippen molar-refractivity contribution < 1.29 is 32.2 Å². The van der Waals surface area contributed by atoms with Crippen LogP contribution in [0.25, 0.3) is 0 Å². The molecule has 1 aliphatic rings. The molecule has 6 nitrogen and oxygen atoms in total. The lowest BCUT2D eigenvalue weighted by atomic mass is 10.1. The lowest BCUT2D eigenvalue weighted by Gasteiger charge is -2.12. The van der Waals surface area contributed by atoms with Crippen LogP contribution in [0.5, 0.6) is 5.75 Å². The Morgan fingerprint density at radius 3 is 2.61 bits per heavy atom. The largest absolute Gasteiger partial charge is 0.495 e. The summed E-state index contributed by atoms with van der Waals surface area (Å²) >= 11 is 0. The average Bonchev–Trinajstić information content (AvgIpc) is 3.02. The molecule has 0 bridgehead atoms. The Balaban J connectivity index is 1.87. The molecule has 0 spiro atoms. The number of anilines is 2. The maximum atomic E-state index is 12.9. The molecule has 1 amide bonds. The first kappa shape index (κ1) is 19.3. The Bertz CT molecular complexity index is 954. The minimum absolute atomic E-state index is 0.0664. The Morgan fingerprint density at radius 1 is 1.14 bits per heavy atom. The Labute approximate surface area is 157 Å². The molecule has 0 unspecified atom stereocenters. The van der Waals surface area contributed by atoms with E-state index < -0.39 is 23.6 Å². The maximum absolute atomic E-state index is 12.9. The highest BCUT2D eigenvalue weighted by molar-refractivity contribution is 6.23. The molecule has 1 heterocycles. The third-order valence-corrected chi connectivity index (χ3v) is 3.92. The molecular formula is C19H15F3N2O4. The van der Waals surface area contributed by atoms with Gasteiger partial charge in [0.2, 0.25) is 0 Å². The van der Waals surface area contributed by atoms with Gasteiger partial charge in [0, 0.05) is 5.69 Å². The molecular weight excluding hydrogens is 377 g/mol. The number of benzene rings is 2. The van der Waals surface area contributed by atoms with Crippen LogP contribution in [0.15, 0.2) is 59.8 Å². The second kappa shape index (κ2) is 7.63. The summed E-state index contributed by atoms with van der Waals surface area (Å²) < 4.78 is 48.6. The van der Waals surface area contributed by atoms with Crippen LogP contribution in [-0.4, -0.2) is 25.6 Å². The van der Waals surface area contributed by atoms with E-state index in [1.165, 1.54) is 19.2 Å². The fourth-order valence-corrected chi connectivity index (χ4v) is 2.61. The van der Waals surface area contributed by atoms with Gasteiger partial charge in [-0.3, -0.25) is 4.79 Å². The summed E-state index contributed by atoms with van der Waals surface area (Å²) in [6, 6.07) is 11.0. The van der Waals surface area contributed by atoms with E-state index in [1.807, 2.05) is 0 Å². The number of nitrogens with one attached hydrogen (secondary N) is 2. The minimum Gasteiger partial charge on any atom is -0.495 e. The summed E-state index contributed by atoms with van der Waals surface area (Å²) in [6.07, 6.45) is -4.52. The summed E-state index contributed by atoms with van der Waals surface area (Å²) in [5.41, 5.74) is -0.699. The van der Waals surface area contributed by atoms with Gasteiger partial charge in [0.05, 0.1) is 24.1 Å². The highest BCUT2D eigenvalue weighted by Crippen LogP contribution is 2.31. The summed E-state index contributed by atoms with van der Waals surface area (Å²) in [5.74, 6) is -1.25. The monoisotopic (exact) mass is 392 g/mol. The van der Waals surface area contributed by atoms with Crippen LogP contribution in [0.3, 0.4) is 0 Å². The van der Waals surface area contributed by atoms with E-state index in [0.717, 1.165) is 12.1 Å². The van der Waals surface area contributed by atoms with E-state index in [9.17, 15) is 22.8 Å². The van der Waals surface area contributed by atoms with Crippen molar-refractivity contribution in [1.29, 1.82) is 0 Å². The predicted molar refractivity (Wildman–Crippen MR) is 94.7 cm³/mol. The molecule has 9 heteroatoms. The number of cyclic esters (lactones) is 1. The van der Waals surface area contributed by atoms with Gasteiger partial charge in [-0.25, -0.2) is 4.79 Å². The van der Waals surface area contributed by atoms with E-state index in [1.54, 1.807) is 24.3 Å². The van der Waals surface area contributed by atoms with Gasteiger partial charge in [-0.05, 0) is 30.3 Å². The number of rotatable bonds is 5. The first-order valence-corrected chi connectivity index (χ1v) is 8.08. The number of alkyl halides is 3. The number of amides is 1. The fourth-order valence-electron chi connectivity index (χ4n) is 2.61. The quantitative estimate of drug-likeness (QED) is 0.601. The van der Waals surface area contributed by atoms with Crippen molar-refractivity contribution in [2.45, 2.75) is 6.18 Å². The lowest BCUT2D eigenvalue weighted by Crippen LogP contribution is -2.21. The van der Waals surface area contributed by atoms with Crippen molar-refractivity contribution in [1.82, 2.24) is 0 Å². The fraction of sp³-hybridized carbons (Fsp3) is 0.158. The molecule has 3 rings (SSSR count). The number of esters is 1. The standard InChI is InChI=1S/C19H15F3N2O4/c1-27-15-8-3-2-7-13(15)24-17(25)16-14(10-28-18(16)26)23-12-6-4-5-11(9-12)19(20,21)22/h2-9,23H,10H2,1H3,(H,24,25). The second-order valence-electron chi connectivity index (χ2n) is 5.79. The van der Waals surface area contributed by atoms with E-state index >= 15 is 0 Å². The highest BCUT2D eigenvalue weighted by atomic mass is 19.4. The zero-order valence-electron chi connectivity index (χ0n) is 14.6. The summed E-state index contributed by atoms with van der Waals surface area (Å²) in [5, 5.41) is 5.21. The second-order valence-corrected chi connectivity index (χ2v) is 5.79. The number of carbonyl (C=O) groups excluding carboxylic acids is 2. The van der Waals surface area contributed by atoms with Crippen LogP contribution in [0.4, 0.5) is 24.5 Å². The topological polar surface area (TPSA) is 76.7 Å². The molecule has 0 radical (unpaired) electrons. The van der Waals surface area contributed by atoms with Crippen LogP contribution in [0.1, 0.15) is 5.56 Å². The third-order valence-electron chi connectivity index (χ3n) is 3.92.